The van der Waals surface area contributed by atoms with E-state index in [1.807, 2.05) is 71.1 Å². The Kier molecular flexibility index (Phi) is 5.33. The summed E-state index contributed by atoms with van der Waals surface area (Å²) in [5.74, 6) is -0.184. The molecule has 0 amide bonds. The molecule has 0 bridgehead atoms. The maximum Gasteiger partial charge on any atom is 0.337 e. The third-order valence-corrected chi connectivity index (χ3v) is 6.63. The summed E-state index contributed by atoms with van der Waals surface area (Å²) in [5.41, 5.74) is 5.78. The maximum absolute atomic E-state index is 12.6. The van der Waals surface area contributed by atoms with E-state index in [0.717, 1.165) is 56.1 Å². The minimum Gasteiger partial charge on any atom is -0.493 e. The largest absolute Gasteiger partial charge is 0.493 e. The predicted octanol–water partition coefficient (Wildman–Crippen LogP) is 6.55. The number of nitrogens with zero attached hydrogens (tertiary/aromatic N) is 1. The number of pyridine rings is 1. The van der Waals surface area contributed by atoms with E-state index in [1.165, 1.54) is 5.56 Å². The minimum absolute atomic E-state index is 0.641. The van der Waals surface area contributed by atoms with Gasteiger partial charge in [0, 0.05) is 29.1 Å². The number of benzene rings is 3. The number of ether oxygens (including phenoxy) is 2. The van der Waals surface area contributed by atoms with Crippen molar-refractivity contribution in [2.75, 3.05) is 6.61 Å². The fourth-order valence-corrected chi connectivity index (χ4v) is 5.07. The van der Waals surface area contributed by atoms with Crippen LogP contribution in [0.2, 0.25) is 0 Å². The Hall–Kier alpha value is -3.44. The highest BCUT2D eigenvalue weighted by atomic mass is 16.5. The molecule has 0 radical (unpaired) electrons. The van der Waals surface area contributed by atoms with E-state index < -0.39 is 17.7 Å². The first-order chi connectivity index (χ1) is 16.2. The number of carboxylic acid groups (broad SMARTS) is 1. The molecule has 2 heterocycles. The van der Waals surface area contributed by atoms with Crippen molar-refractivity contribution in [3.8, 4) is 16.9 Å². The number of carboxylic acids is 1. The van der Waals surface area contributed by atoms with Crippen LogP contribution in [0.1, 0.15) is 49.1 Å². The summed E-state index contributed by atoms with van der Waals surface area (Å²) in [6.45, 7) is 10.3. The smallest absolute Gasteiger partial charge is 0.337 e. The zero-order chi connectivity index (χ0) is 24.2. The van der Waals surface area contributed by atoms with Gasteiger partial charge in [0.25, 0.3) is 0 Å². The Bertz CT molecular complexity index is 1440. The number of carbonyl (C=O) groups is 1. The van der Waals surface area contributed by atoms with E-state index in [9.17, 15) is 9.90 Å². The fraction of sp³-hybridized carbons (Fsp3) is 0.310. The quantitative estimate of drug-likeness (QED) is 0.378. The van der Waals surface area contributed by atoms with Gasteiger partial charge in [-0.05, 0) is 85.8 Å². The zero-order valence-electron chi connectivity index (χ0n) is 20.2. The van der Waals surface area contributed by atoms with E-state index in [1.54, 1.807) is 0 Å². The van der Waals surface area contributed by atoms with Crippen LogP contribution in [0.15, 0.2) is 48.7 Å². The number of rotatable bonds is 4. The number of hydrogen-bond acceptors (Lipinski definition) is 4. The van der Waals surface area contributed by atoms with Crippen LogP contribution in [0.4, 0.5) is 0 Å². The van der Waals surface area contributed by atoms with E-state index in [-0.39, 0.29) is 0 Å². The number of fused-ring (bicyclic) bond motifs is 1. The topological polar surface area (TPSA) is 68.7 Å². The van der Waals surface area contributed by atoms with Crippen molar-refractivity contribution < 1.29 is 19.4 Å². The molecule has 1 aliphatic heterocycles. The third kappa shape index (κ3) is 3.61. The summed E-state index contributed by atoms with van der Waals surface area (Å²) in [6.07, 6.45) is 1.53. The van der Waals surface area contributed by atoms with Gasteiger partial charge >= 0.3 is 5.97 Å². The van der Waals surface area contributed by atoms with Crippen LogP contribution in [-0.4, -0.2) is 28.3 Å². The number of aliphatic carboxylic acids is 1. The first-order valence-electron chi connectivity index (χ1n) is 11.6. The summed E-state index contributed by atoms with van der Waals surface area (Å²) < 4.78 is 12.1. The van der Waals surface area contributed by atoms with Crippen LogP contribution >= 0.6 is 0 Å². The van der Waals surface area contributed by atoms with Crippen molar-refractivity contribution in [1.82, 2.24) is 4.98 Å². The van der Waals surface area contributed by atoms with Gasteiger partial charge in [-0.15, -0.1) is 0 Å². The summed E-state index contributed by atoms with van der Waals surface area (Å²) in [7, 11) is 0. The maximum atomic E-state index is 12.6. The molecule has 0 spiro atoms. The van der Waals surface area contributed by atoms with Crippen molar-refractivity contribution in [3.63, 3.8) is 0 Å². The third-order valence-electron chi connectivity index (χ3n) is 6.63. The first-order valence-corrected chi connectivity index (χ1v) is 11.6. The molecule has 5 heteroatoms. The van der Waals surface area contributed by atoms with E-state index in [2.05, 4.69) is 12.1 Å². The summed E-state index contributed by atoms with van der Waals surface area (Å²) in [5, 5.41) is 13.4. The van der Waals surface area contributed by atoms with Crippen molar-refractivity contribution in [2.24, 2.45) is 0 Å². The van der Waals surface area contributed by atoms with E-state index >= 15 is 0 Å². The van der Waals surface area contributed by atoms with Crippen molar-refractivity contribution >= 4 is 27.6 Å². The van der Waals surface area contributed by atoms with Crippen molar-refractivity contribution in [3.05, 3.63) is 70.9 Å². The van der Waals surface area contributed by atoms with E-state index in [4.69, 9.17) is 14.5 Å². The molecule has 34 heavy (non-hydrogen) atoms. The predicted molar refractivity (Wildman–Crippen MR) is 135 cm³/mol. The molecule has 0 saturated heterocycles. The van der Waals surface area contributed by atoms with Crippen LogP contribution in [0.25, 0.3) is 32.8 Å². The average Bonchev–Trinajstić information content (AvgIpc) is 2.80. The second-order valence-electron chi connectivity index (χ2n) is 9.94. The monoisotopic (exact) mass is 455 g/mol. The number of hydrogen-bond donors (Lipinski definition) is 1. The molecule has 4 aromatic rings. The summed E-state index contributed by atoms with van der Waals surface area (Å²) in [6, 6.07) is 14.2. The number of aryl methyl sites for hydroxylation is 1. The SMILES string of the molecule is Cc1c([C@@H](OC(C)(C)C)C(=O)O)c(-c2ccc3c4c(ccnc24)CCO3)c2ccccc2c1C. The average molecular weight is 456 g/mol. The number of aromatic nitrogens is 1. The van der Waals surface area contributed by atoms with Crippen LogP contribution in [0.5, 0.6) is 5.75 Å². The lowest BCUT2D eigenvalue weighted by Gasteiger charge is -2.30. The molecule has 0 unspecified atom stereocenters. The van der Waals surface area contributed by atoms with Gasteiger partial charge in [0.1, 0.15) is 5.75 Å². The molecule has 5 nitrogen and oxygen atoms in total. The van der Waals surface area contributed by atoms with Gasteiger partial charge in [0.2, 0.25) is 0 Å². The lowest BCUT2D eigenvalue weighted by atomic mass is 9.83. The molecule has 1 N–H and O–H groups in total. The minimum atomic E-state index is -1.12. The second kappa shape index (κ2) is 8.10. The highest BCUT2D eigenvalue weighted by Gasteiger charge is 2.33. The normalized spacial score (nSPS) is 14.3. The molecule has 0 saturated carbocycles. The Balaban J connectivity index is 1.94. The lowest BCUT2D eigenvalue weighted by Crippen LogP contribution is -2.28. The second-order valence-corrected chi connectivity index (χ2v) is 9.94. The van der Waals surface area contributed by atoms with Gasteiger partial charge in [0.05, 0.1) is 17.7 Å². The highest BCUT2D eigenvalue weighted by Crippen LogP contribution is 2.46. The molecule has 174 valence electrons. The van der Waals surface area contributed by atoms with Gasteiger partial charge < -0.3 is 14.6 Å². The molecule has 1 atom stereocenters. The van der Waals surface area contributed by atoms with E-state index in [0.29, 0.717) is 12.2 Å². The zero-order valence-corrected chi connectivity index (χ0v) is 20.2. The Morgan fingerprint density at radius 3 is 2.50 bits per heavy atom. The standard InChI is InChI=1S/C29H29NO4/c1-16-17(2)23(27(28(31)32)34-29(3,4)5)25(20-9-7-6-8-19(16)20)21-10-11-22-24-18(13-15-33-22)12-14-30-26(21)24/h6-12,14,27H,13,15H2,1-5H3,(H,31,32)/t27-/m1/s1. The molecular weight excluding hydrogens is 426 g/mol. The Morgan fingerprint density at radius 2 is 1.79 bits per heavy atom. The molecule has 3 aromatic carbocycles. The molecular formula is C29H29NO4. The molecule has 0 aliphatic carbocycles. The van der Waals surface area contributed by atoms with Gasteiger partial charge in [0.15, 0.2) is 6.10 Å². The van der Waals surface area contributed by atoms with Gasteiger partial charge in [-0.25, -0.2) is 4.79 Å². The Labute approximate surface area is 199 Å². The highest BCUT2D eigenvalue weighted by molar-refractivity contribution is 6.09. The van der Waals surface area contributed by atoms with Gasteiger partial charge in [-0.1, -0.05) is 24.3 Å². The Morgan fingerprint density at radius 1 is 1.06 bits per heavy atom. The van der Waals surface area contributed by atoms with Crippen molar-refractivity contribution in [2.45, 2.75) is 52.7 Å². The van der Waals surface area contributed by atoms with Gasteiger partial charge in [-0.3, -0.25) is 4.98 Å². The molecule has 1 aliphatic rings. The van der Waals surface area contributed by atoms with Crippen LogP contribution < -0.4 is 4.74 Å². The van der Waals surface area contributed by atoms with Crippen LogP contribution in [-0.2, 0) is 16.0 Å². The molecule has 1 aromatic heterocycles. The van der Waals surface area contributed by atoms with Crippen LogP contribution in [0.3, 0.4) is 0 Å². The summed E-state index contributed by atoms with van der Waals surface area (Å²) in [4.78, 5) is 17.4. The first kappa shape index (κ1) is 22.4. The molecule has 5 rings (SSSR count). The molecule has 0 fully saturated rings. The van der Waals surface area contributed by atoms with Gasteiger partial charge in [-0.2, -0.15) is 0 Å². The fourth-order valence-electron chi connectivity index (χ4n) is 5.07. The van der Waals surface area contributed by atoms with Crippen molar-refractivity contribution in [1.29, 1.82) is 0 Å². The summed E-state index contributed by atoms with van der Waals surface area (Å²) >= 11 is 0. The lowest BCUT2D eigenvalue weighted by molar-refractivity contribution is -0.160. The van der Waals surface area contributed by atoms with Crippen LogP contribution in [0, 0.1) is 13.8 Å².